The van der Waals surface area contributed by atoms with Crippen LogP contribution in [0.4, 0.5) is 0 Å². The molecular formula is C19H24N2O2S. The number of piperidine rings is 1. The number of benzene rings is 1. The molecule has 1 aromatic heterocycles. The molecule has 1 atom stereocenters. The quantitative estimate of drug-likeness (QED) is 0.785. The number of pyridine rings is 1. The van der Waals surface area contributed by atoms with Gasteiger partial charge in [-0.25, -0.2) is 4.98 Å². The van der Waals surface area contributed by atoms with Gasteiger partial charge in [0.1, 0.15) is 5.75 Å². The van der Waals surface area contributed by atoms with Gasteiger partial charge in [-0.05, 0) is 56.9 Å². The molecule has 4 nitrogen and oxygen atoms in total. The van der Waals surface area contributed by atoms with E-state index in [-0.39, 0.29) is 5.91 Å². The first kappa shape index (κ1) is 17.1. The molecule has 2 heterocycles. The van der Waals surface area contributed by atoms with Gasteiger partial charge in [0.25, 0.3) is 0 Å². The lowest BCUT2D eigenvalue weighted by molar-refractivity contribution is -0.131. The van der Waals surface area contributed by atoms with E-state index in [1.165, 1.54) is 23.7 Å². The number of methoxy groups -OCH3 is 1. The fraction of sp³-hybridized carbons (Fsp3) is 0.474. The van der Waals surface area contributed by atoms with Gasteiger partial charge >= 0.3 is 0 Å². The highest BCUT2D eigenvalue weighted by molar-refractivity contribution is 7.99. The molecule has 0 spiro atoms. The highest BCUT2D eigenvalue weighted by atomic mass is 32.2. The Balaban J connectivity index is 1.73. The summed E-state index contributed by atoms with van der Waals surface area (Å²) < 4.78 is 5.28. The molecule has 1 amide bonds. The molecule has 0 unspecified atom stereocenters. The van der Waals surface area contributed by atoms with Crippen LogP contribution in [-0.2, 0) is 4.79 Å². The second-order valence-corrected chi connectivity index (χ2v) is 7.38. The van der Waals surface area contributed by atoms with Crippen molar-refractivity contribution in [3.05, 3.63) is 29.8 Å². The van der Waals surface area contributed by atoms with E-state index in [0.29, 0.717) is 11.8 Å². The molecule has 1 aliphatic heterocycles. The van der Waals surface area contributed by atoms with Crippen LogP contribution in [0.2, 0.25) is 0 Å². The second-order valence-electron chi connectivity index (χ2n) is 6.38. The topological polar surface area (TPSA) is 42.4 Å². The molecule has 0 N–H and O–H groups in total. The van der Waals surface area contributed by atoms with Crippen LogP contribution in [0.3, 0.4) is 0 Å². The van der Waals surface area contributed by atoms with Crippen molar-refractivity contribution in [1.82, 2.24) is 9.88 Å². The predicted molar refractivity (Wildman–Crippen MR) is 98.8 cm³/mol. The van der Waals surface area contributed by atoms with Crippen molar-refractivity contribution in [1.29, 1.82) is 0 Å². The third kappa shape index (κ3) is 3.66. The fourth-order valence-electron chi connectivity index (χ4n) is 3.24. The number of aromatic nitrogens is 1. The van der Waals surface area contributed by atoms with Gasteiger partial charge in [0.2, 0.25) is 5.91 Å². The molecule has 0 aliphatic carbocycles. The van der Waals surface area contributed by atoms with E-state index >= 15 is 0 Å². The number of thioether (sulfide) groups is 1. The lowest BCUT2D eigenvalue weighted by Crippen LogP contribution is -2.42. The van der Waals surface area contributed by atoms with Crippen LogP contribution in [-0.4, -0.2) is 41.2 Å². The fourth-order valence-corrected chi connectivity index (χ4v) is 4.10. The highest BCUT2D eigenvalue weighted by Crippen LogP contribution is 2.27. The number of amides is 1. The van der Waals surface area contributed by atoms with Gasteiger partial charge in [-0.3, -0.25) is 4.79 Å². The number of rotatable bonds is 4. The van der Waals surface area contributed by atoms with Crippen LogP contribution < -0.4 is 4.74 Å². The van der Waals surface area contributed by atoms with Crippen molar-refractivity contribution in [2.75, 3.05) is 19.4 Å². The minimum atomic E-state index is 0.220. The molecule has 1 aromatic carbocycles. The van der Waals surface area contributed by atoms with Gasteiger partial charge in [-0.15, -0.1) is 0 Å². The van der Waals surface area contributed by atoms with Crippen LogP contribution in [0, 0.1) is 6.92 Å². The van der Waals surface area contributed by atoms with E-state index in [1.807, 2.05) is 23.1 Å². The summed E-state index contributed by atoms with van der Waals surface area (Å²) in [6.45, 7) is 5.11. The monoisotopic (exact) mass is 344 g/mol. The number of aryl methyl sites for hydroxylation is 1. The third-order valence-corrected chi connectivity index (χ3v) is 5.56. The largest absolute Gasteiger partial charge is 0.497 e. The number of fused-ring (bicyclic) bond motifs is 1. The Morgan fingerprint density at radius 3 is 2.96 bits per heavy atom. The number of carbonyl (C=O) groups is 1. The number of nitrogens with zero attached hydrogens (tertiary/aromatic N) is 2. The van der Waals surface area contributed by atoms with E-state index in [0.717, 1.165) is 41.1 Å². The van der Waals surface area contributed by atoms with Gasteiger partial charge in [-0.1, -0.05) is 11.8 Å². The Kier molecular flexibility index (Phi) is 5.29. The van der Waals surface area contributed by atoms with Crippen molar-refractivity contribution < 1.29 is 9.53 Å². The molecule has 1 saturated heterocycles. The summed E-state index contributed by atoms with van der Waals surface area (Å²) in [5.74, 6) is 1.47. The predicted octanol–water partition coefficient (Wildman–Crippen LogP) is 4.04. The van der Waals surface area contributed by atoms with Crippen molar-refractivity contribution in [3.8, 4) is 5.75 Å². The maximum atomic E-state index is 12.5. The molecule has 3 rings (SSSR count). The van der Waals surface area contributed by atoms with Crippen LogP contribution in [0.25, 0.3) is 10.9 Å². The Morgan fingerprint density at radius 1 is 1.38 bits per heavy atom. The molecule has 0 saturated carbocycles. The van der Waals surface area contributed by atoms with E-state index in [9.17, 15) is 4.79 Å². The van der Waals surface area contributed by atoms with Gasteiger partial charge in [0.05, 0.1) is 23.4 Å². The van der Waals surface area contributed by atoms with Gasteiger partial charge in [-0.2, -0.15) is 0 Å². The summed E-state index contributed by atoms with van der Waals surface area (Å²) in [5.41, 5.74) is 2.08. The van der Waals surface area contributed by atoms with Crippen LogP contribution in [0.1, 0.15) is 31.7 Å². The highest BCUT2D eigenvalue weighted by Gasteiger charge is 2.23. The lowest BCUT2D eigenvalue weighted by Gasteiger charge is -2.33. The summed E-state index contributed by atoms with van der Waals surface area (Å²) in [6, 6.07) is 8.35. The zero-order chi connectivity index (χ0) is 17.1. The van der Waals surface area contributed by atoms with E-state index in [1.54, 1.807) is 7.11 Å². The zero-order valence-electron chi connectivity index (χ0n) is 14.5. The lowest BCUT2D eigenvalue weighted by atomic mass is 10.0. The van der Waals surface area contributed by atoms with Crippen LogP contribution in [0.15, 0.2) is 29.3 Å². The SMILES string of the molecule is COc1ccc2c(C)cc(SCC(=O)N3CCCC[C@H]3C)nc2c1. The minimum absolute atomic E-state index is 0.220. The number of ether oxygens (including phenoxy) is 1. The first-order valence-corrected chi connectivity index (χ1v) is 9.44. The molecule has 5 heteroatoms. The number of likely N-dealkylation sites (tertiary alicyclic amines) is 1. The Labute approximate surface area is 147 Å². The first-order valence-electron chi connectivity index (χ1n) is 8.46. The smallest absolute Gasteiger partial charge is 0.233 e. The number of carbonyl (C=O) groups excluding carboxylic acids is 1. The van der Waals surface area contributed by atoms with Crippen molar-refractivity contribution in [3.63, 3.8) is 0 Å². The summed E-state index contributed by atoms with van der Waals surface area (Å²) >= 11 is 1.52. The van der Waals surface area contributed by atoms with E-state index in [4.69, 9.17) is 9.72 Å². The first-order chi connectivity index (χ1) is 11.6. The van der Waals surface area contributed by atoms with E-state index < -0.39 is 0 Å². The molecular weight excluding hydrogens is 320 g/mol. The Bertz CT molecular complexity index is 747. The van der Waals surface area contributed by atoms with Crippen LogP contribution >= 0.6 is 11.8 Å². The normalized spacial score (nSPS) is 18.0. The molecule has 2 aromatic rings. The van der Waals surface area contributed by atoms with Crippen molar-refractivity contribution in [2.24, 2.45) is 0 Å². The Hall–Kier alpha value is -1.75. The summed E-state index contributed by atoms with van der Waals surface area (Å²) in [5, 5.41) is 2.02. The Morgan fingerprint density at radius 2 is 2.21 bits per heavy atom. The number of hydrogen-bond donors (Lipinski definition) is 0. The average Bonchev–Trinajstić information content (AvgIpc) is 2.59. The molecule has 0 radical (unpaired) electrons. The molecule has 0 bridgehead atoms. The molecule has 24 heavy (non-hydrogen) atoms. The maximum absolute atomic E-state index is 12.5. The standard InChI is InChI=1S/C19H24N2O2S/c1-13-10-18(20-17-11-15(23-3)7-8-16(13)17)24-12-19(22)21-9-5-4-6-14(21)2/h7-8,10-11,14H,4-6,9,12H2,1-3H3/t14-/m1/s1. The number of hydrogen-bond acceptors (Lipinski definition) is 4. The van der Waals surface area contributed by atoms with Gasteiger partial charge in [0.15, 0.2) is 0 Å². The van der Waals surface area contributed by atoms with Gasteiger partial charge < -0.3 is 9.64 Å². The summed E-state index contributed by atoms with van der Waals surface area (Å²) in [4.78, 5) is 19.2. The maximum Gasteiger partial charge on any atom is 0.233 e. The second kappa shape index (κ2) is 7.43. The van der Waals surface area contributed by atoms with Crippen molar-refractivity contribution in [2.45, 2.75) is 44.2 Å². The molecule has 128 valence electrons. The van der Waals surface area contributed by atoms with Crippen LogP contribution in [0.5, 0.6) is 5.75 Å². The third-order valence-electron chi connectivity index (χ3n) is 4.67. The molecule has 1 fully saturated rings. The average molecular weight is 344 g/mol. The summed E-state index contributed by atoms with van der Waals surface area (Å²) in [6.07, 6.45) is 3.46. The minimum Gasteiger partial charge on any atom is -0.497 e. The zero-order valence-corrected chi connectivity index (χ0v) is 15.4. The van der Waals surface area contributed by atoms with E-state index in [2.05, 4.69) is 19.9 Å². The molecule has 1 aliphatic rings. The van der Waals surface area contributed by atoms with Gasteiger partial charge in [0, 0.05) is 24.0 Å². The summed E-state index contributed by atoms with van der Waals surface area (Å²) in [7, 11) is 1.66. The van der Waals surface area contributed by atoms with Crippen molar-refractivity contribution >= 4 is 28.6 Å².